The average Bonchev–Trinajstić information content (AvgIpc) is 2.77. The molecule has 0 saturated heterocycles. The molecule has 0 amide bonds. The lowest BCUT2D eigenvalue weighted by Crippen LogP contribution is -2.02. The molecule has 0 aliphatic rings. The predicted octanol–water partition coefficient (Wildman–Crippen LogP) is 2.18. The monoisotopic (exact) mass is 220 g/mol. The number of nitrogens with zero attached hydrogens (tertiary/aromatic N) is 2. The maximum atomic E-state index is 10.1. The summed E-state index contributed by atoms with van der Waals surface area (Å²) in [7, 11) is 0. The van der Waals surface area contributed by atoms with Crippen molar-refractivity contribution >= 4 is 11.3 Å². The van der Waals surface area contributed by atoms with Crippen LogP contribution in [0.5, 0.6) is 0 Å². The quantitative estimate of drug-likeness (QED) is 0.862. The first-order valence-corrected chi connectivity index (χ1v) is 5.71. The van der Waals surface area contributed by atoms with Crippen molar-refractivity contribution in [3.63, 3.8) is 0 Å². The molecule has 0 radical (unpaired) electrons. The summed E-state index contributed by atoms with van der Waals surface area (Å²) in [5, 5.41) is 12.1. The summed E-state index contributed by atoms with van der Waals surface area (Å²) in [6.07, 6.45) is 5.08. The van der Waals surface area contributed by atoms with E-state index in [4.69, 9.17) is 0 Å². The van der Waals surface area contributed by atoms with Gasteiger partial charge in [-0.15, -0.1) is 11.3 Å². The molecule has 15 heavy (non-hydrogen) atoms. The predicted molar refractivity (Wildman–Crippen MR) is 59.8 cm³/mol. The molecule has 0 aliphatic heterocycles. The summed E-state index contributed by atoms with van der Waals surface area (Å²) in [5.41, 5.74) is 1.79. The maximum absolute atomic E-state index is 10.1. The molecule has 0 aromatic carbocycles. The third-order valence-corrected chi connectivity index (χ3v) is 3.28. The fraction of sp³-hybridized carbons (Fsp3) is 0.273. The SMILES string of the molecule is CCc1ccsc1C(O)c1cnccn1. The maximum Gasteiger partial charge on any atom is 0.132 e. The summed E-state index contributed by atoms with van der Waals surface area (Å²) < 4.78 is 0. The third-order valence-electron chi connectivity index (χ3n) is 2.27. The number of aromatic nitrogens is 2. The van der Waals surface area contributed by atoms with Crippen molar-refractivity contribution in [2.24, 2.45) is 0 Å². The van der Waals surface area contributed by atoms with E-state index in [1.165, 1.54) is 5.56 Å². The van der Waals surface area contributed by atoms with Gasteiger partial charge >= 0.3 is 0 Å². The number of hydrogen-bond donors (Lipinski definition) is 1. The molecule has 0 aliphatic carbocycles. The highest BCUT2D eigenvalue weighted by atomic mass is 32.1. The number of aryl methyl sites for hydroxylation is 1. The number of aliphatic hydroxyl groups is 1. The van der Waals surface area contributed by atoms with E-state index in [0.717, 1.165) is 11.3 Å². The van der Waals surface area contributed by atoms with Gasteiger partial charge in [-0.2, -0.15) is 0 Å². The molecule has 1 unspecified atom stereocenters. The first-order chi connectivity index (χ1) is 7.33. The molecule has 2 aromatic heterocycles. The topological polar surface area (TPSA) is 46.0 Å². The van der Waals surface area contributed by atoms with Gasteiger partial charge in [0, 0.05) is 17.3 Å². The Kier molecular flexibility index (Phi) is 3.08. The van der Waals surface area contributed by atoms with Crippen LogP contribution in [0, 0.1) is 0 Å². The van der Waals surface area contributed by atoms with Crippen LogP contribution in [0.3, 0.4) is 0 Å². The molecule has 3 nitrogen and oxygen atoms in total. The fourth-order valence-corrected chi connectivity index (χ4v) is 2.46. The van der Waals surface area contributed by atoms with Crippen LogP contribution >= 0.6 is 11.3 Å². The first kappa shape index (κ1) is 10.3. The zero-order chi connectivity index (χ0) is 10.7. The molecule has 0 saturated carbocycles. The minimum absolute atomic E-state index is 0.606. The number of rotatable bonds is 3. The van der Waals surface area contributed by atoms with Crippen molar-refractivity contribution in [3.8, 4) is 0 Å². The molecule has 78 valence electrons. The van der Waals surface area contributed by atoms with Gasteiger partial charge in [0.15, 0.2) is 0 Å². The second-order valence-corrected chi connectivity index (χ2v) is 4.14. The van der Waals surface area contributed by atoms with Crippen molar-refractivity contribution < 1.29 is 5.11 Å². The average molecular weight is 220 g/mol. The van der Waals surface area contributed by atoms with E-state index >= 15 is 0 Å². The summed E-state index contributed by atoms with van der Waals surface area (Å²) in [4.78, 5) is 9.03. The lowest BCUT2D eigenvalue weighted by atomic mass is 10.1. The normalized spacial score (nSPS) is 12.7. The Morgan fingerprint density at radius 1 is 1.47 bits per heavy atom. The second-order valence-electron chi connectivity index (χ2n) is 3.20. The minimum Gasteiger partial charge on any atom is -0.381 e. The van der Waals surface area contributed by atoms with E-state index < -0.39 is 6.10 Å². The number of hydrogen-bond acceptors (Lipinski definition) is 4. The van der Waals surface area contributed by atoms with Crippen LogP contribution in [0.4, 0.5) is 0 Å². The van der Waals surface area contributed by atoms with E-state index in [-0.39, 0.29) is 0 Å². The van der Waals surface area contributed by atoms with Crippen molar-refractivity contribution in [1.29, 1.82) is 0 Å². The van der Waals surface area contributed by atoms with E-state index in [0.29, 0.717) is 5.69 Å². The van der Waals surface area contributed by atoms with Crippen LogP contribution in [0.25, 0.3) is 0 Å². The molecule has 2 aromatic rings. The highest BCUT2D eigenvalue weighted by molar-refractivity contribution is 7.10. The van der Waals surface area contributed by atoms with E-state index in [1.54, 1.807) is 29.9 Å². The Hall–Kier alpha value is -1.26. The lowest BCUT2D eigenvalue weighted by Gasteiger charge is -2.09. The summed E-state index contributed by atoms with van der Waals surface area (Å²) in [6, 6.07) is 2.04. The van der Waals surface area contributed by atoms with Crippen molar-refractivity contribution in [2.75, 3.05) is 0 Å². The molecule has 2 rings (SSSR count). The largest absolute Gasteiger partial charge is 0.381 e. The Balaban J connectivity index is 2.32. The molecule has 1 N–H and O–H groups in total. The fourth-order valence-electron chi connectivity index (χ4n) is 1.47. The standard InChI is InChI=1S/C11H12N2OS/c1-2-8-3-6-15-11(8)10(14)9-7-12-4-5-13-9/h3-7,10,14H,2H2,1H3. The van der Waals surface area contributed by atoms with Crippen LogP contribution in [-0.2, 0) is 6.42 Å². The van der Waals surface area contributed by atoms with Crippen LogP contribution < -0.4 is 0 Å². The van der Waals surface area contributed by atoms with Crippen LogP contribution in [-0.4, -0.2) is 15.1 Å². The van der Waals surface area contributed by atoms with Crippen LogP contribution in [0.15, 0.2) is 30.0 Å². The zero-order valence-corrected chi connectivity index (χ0v) is 9.24. The van der Waals surface area contributed by atoms with Crippen molar-refractivity contribution in [3.05, 3.63) is 46.2 Å². The summed E-state index contributed by atoms with van der Waals surface area (Å²) >= 11 is 1.56. The first-order valence-electron chi connectivity index (χ1n) is 4.83. The number of aliphatic hydroxyl groups excluding tert-OH is 1. The van der Waals surface area contributed by atoms with Crippen LogP contribution in [0.1, 0.15) is 29.2 Å². The zero-order valence-electron chi connectivity index (χ0n) is 8.42. The Morgan fingerprint density at radius 3 is 3.00 bits per heavy atom. The molecule has 0 bridgehead atoms. The Morgan fingerprint density at radius 2 is 2.33 bits per heavy atom. The van der Waals surface area contributed by atoms with Gasteiger partial charge in [0.05, 0.1) is 11.9 Å². The molecule has 0 fully saturated rings. The third kappa shape index (κ3) is 2.06. The Bertz CT molecular complexity index is 427. The molecule has 4 heteroatoms. The summed E-state index contributed by atoms with van der Waals surface area (Å²) in [6.45, 7) is 2.08. The van der Waals surface area contributed by atoms with Gasteiger partial charge in [-0.05, 0) is 23.4 Å². The summed E-state index contributed by atoms with van der Waals surface area (Å²) in [5.74, 6) is 0. The highest BCUT2D eigenvalue weighted by Gasteiger charge is 2.16. The Labute approximate surface area is 92.5 Å². The van der Waals surface area contributed by atoms with Gasteiger partial charge < -0.3 is 5.11 Å². The van der Waals surface area contributed by atoms with E-state index in [1.807, 2.05) is 11.4 Å². The van der Waals surface area contributed by atoms with Gasteiger partial charge in [-0.1, -0.05) is 6.92 Å². The molecule has 1 atom stereocenters. The van der Waals surface area contributed by atoms with Crippen molar-refractivity contribution in [1.82, 2.24) is 9.97 Å². The van der Waals surface area contributed by atoms with Gasteiger partial charge in [-0.3, -0.25) is 9.97 Å². The minimum atomic E-state index is -0.645. The van der Waals surface area contributed by atoms with Gasteiger partial charge in [-0.25, -0.2) is 0 Å². The van der Waals surface area contributed by atoms with E-state index in [9.17, 15) is 5.11 Å². The van der Waals surface area contributed by atoms with E-state index in [2.05, 4.69) is 16.9 Å². The van der Waals surface area contributed by atoms with Crippen molar-refractivity contribution in [2.45, 2.75) is 19.4 Å². The molecular formula is C11H12N2OS. The smallest absolute Gasteiger partial charge is 0.132 e. The van der Waals surface area contributed by atoms with Gasteiger partial charge in [0.1, 0.15) is 6.10 Å². The molecule has 2 heterocycles. The number of thiophene rings is 1. The van der Waals surface area contributed by atoms with Gasteiger partial charge in [0.25, 0.3) is 0 Å². The highest BCUT2D eigenvalue weighted by Crippen LogP contribution is 2.28. The molecular weight excluding hydrogens is 208 g/mol. The second kappa shape index (κ2) is 4.51. The van der Waals surface area contributed by atoms with Gasteiger partial charge in [0.2, 0.25) is 0 Å². The molecule has 0 spiro atoms. The lowest BCUT2D eigenvalue weighted by molar-refractivity contribution is 0.217. The van der Waals surface area contributed by atoms with Crippen LogP contribution in [0.2, 0.25) is 0 Å².